The van der Waals surface area contributed by atoms with Crippen LogP contribution >= 0.6 is 0 Å². The monoisotopic (exact) mass is 415 g/mol. The van der Waals surface area contributed by atoms with Gasteiger partial charge < -0.3 is 15.5 Å². The molecule has 31 heavy (non-hydrogen) atoms. The van der Waals surface area contributed by atoms with E-state index in [0.717, 1.165) is 16.5 Å². The molecule has 3 aromatic rings. The van der Waals surface area contributed by atoms with Crippen molar-refractivity contribution in [3.8, 4) is 0 Å². The molecule has 0 aliphatic carbocycles. The zero-order valence-electron chi connectivity index (χ0n) is 17.6. The standard InChI is InChI=1S/C25H25N3O3/c1-16(2)26-25(31)20-11-5-6-12-21(20)27-24(30)18-14-23(29)28(15-18)22-13-7-9-17-8-3-4-10-19(17)22/h3-13,16,18H,14-15H2,1-2H3,(H,26,31)(H,27,30). The molecule has 1 atom stereocenters. The number of nitrogens with zero attached hydrogens (tertiary/aromatic N) is 1. The maximum atomic E-state index is 13.0. The molecule has 0 radical (unpaired) electrons. The van der Waals surface area contributed by atoms with Crippen LogP contribution in [0.15, 0.2) is 66.7 Å². The lowest BCUT2D eigenvalue weighted by atomic mass is 10.1. The van der Waals surface area contributed by atoms with Crippen molar-refractivity contribution >= 4 is 39.9 Å². The average Bonchev–Trinajstić information content (AvgIpc) is 3.15. The highest BCUT2D eigenvalue weighted by Gasteiger charge is 2.36. The Kier molecular flexibility index (Phi) is 5.71. The van der Waals surface area contributed by atoms with Crippen molar-refractivity contribution in [2.24, 2.45) is 5.92 Å². The van der Waals surface area contributed by atoms with E-state index in [1.807, 2.05) is 56.3 Å². The molecule has 2 N–H and O–H groups in total. The second-order valence-corrected chi connectivity index (χ2v) is 8.07. The molecule has 4 rings (SSSR count). The summed E-state index contributed by atoms with van der Waals surface area (Å²) >= 11 is 0. The predicted molar refractivity (Wildman–Crippen MR) is 122 cm³/mol. The molecule has 1 fully saturated rings. The molecule has 1 aliphatic heterocycles. The number of carbonyl (C=O) groups excluding carboxylic acids is 3. The first kappa shape index (κ1) is 20.6. The number of nitrogens with one attached hydrogen (secondary N) is 2. The van der Waals surface area contributed by atoms with Gasteiger partial charge >= 0.3 is 0 Å². The van der Waals surface area contributed by atoms with Crippen molar-refractivity contribution in [1.29, 1.82) is 0 Å². The second-order valence-electron chi connectivity index (χ2n) is 8.07. The Morgan fingerprint density at radius 1 is 0.968 bits per heavy atom. The van der Waals surface area contributed by atoms with Gasteiger partial charge in [0.2, 0.25) is 11.8 Å². The Bertz CT molecular complexity index is 1150. The lowest BCUT2D eigenvalue weighted by molar-refractivity contribution is -0.122. The van der Waals surface area contributed by atoms with Crippen LogP contribution in [0.1, 0.15) is 30.6 Å². The number of para-hydroxylation sites is 1. The largest absolute Gasteiger partial charge is 0.350 e. The molecule has 0 spiro atoms. The van der Waals surface area contributed by atoms with Crippen LogP contribution in [0.4, 0.5) is 11.4 Å². The van der Waals surface area contributed by atoms with Crippen LogP contribution in [0.25, 0.3) is 10.8 Å². The van der Waals surface area contributed by atoms with E-state index in [2.05, 4.69) is 10.6 Å². The molecule has 0 bridgehead atoms. The minimum atomic E-state index is -0.493. The molecule has 0 aromatic heterocycles. The van der Waals surface area contributed by atoms with Gasteiger partial charge in [0.1, 0.15) is 0 Å². The normalized spacial score (nSPS) is 16.0. The molecule has 1 aliphatic rings. The van der Waals surface area contributed by atoms with Crippen LogP contribution in [-0.4, -0.2) is 30.3 Å². The summed E-state index contributed by atoms with van der Waals surface area (Å²) in [4.78, 5) is 39.9. The van der Waals surface area contributed by atoms with Gasteiger partial charge in [-0.05, 0) is 37.4 Å². The Morgan fingerprint density at radius 3 is 2.48 bits per heavy atom. The number of amides is 3. The first-order chi connectivity index (χ1) is 14.9. The third-order valence-electron chi connectivity index (χ3n) is 5.40. The van der Waals surface area contributed by atoms with Crippen molar-refractivity contribution in [3.63, 3.8) is 0 Å². The van der Waals surface area contributed by atoms with Crippen LogP contribution in [0.3, 0.4) is 0 Å². The molecule has 0 saturated carbocycles. The summed E-state index contributed by atoms with van der Waals surface area (Å²) in [6.45, 7) is 4.06. The van der Waals surface area contributed by atoms with Gasteiger partial charge in [-0.1, -0.05) is 48.5 Å². The maximum Gasteiger partial charge on any atom is 0.253 e. The lowest BCUT2D eigenvalue weighted by Crippen LogP contribution is -2.32. The zero-order valence-corrected chi connectivity index (χ0v) is 17.6. The van der Waals surface area contributed by atoms with Gasteiger partial charge in [0.05, 0.1) is 22.9 Å². The number of carbonyl (C=O) groups is 3. The minimum Gasteiger partial charge on any atom is -0.350 e. The fourth-order valence-corrected chi connectivity index (χ4v) is 3.92. The van der Waals surface area contributed by atoms with Crippen molar-refractivity contribution < 1.29 is 14.4 Å². The highest BCUT2D eigenvalue weighted by molar-refractivity contribution is 6.09. The third kappa shape index (κ3) is 4.28. The lowest BCUT2D eigenvalue weighted by Gasteiger charge is -2.19. The van der Waals surface area contributed by atoms with E-state index in [4.69, 9.17) is 0 Å². The maximum absolute atomic E-state index is 13.0. The number of rotatable bonds is 5. The highest BCUT2D eigenvalue weighted by Crippen LogP contribution is 2.32. The van der Waals surface area contributed by atoms with Crippen LogP contribution in [0, 0.1) is 5.92 Å². The summed E-state index contributed by atoms with van der Waals surface area (Å²) in [5.41, 5.74) is 1.66. The molecule has 3 aromatic carbocycles. The summed E-state index contributed by atoms with van der Waals surface area (Å²) < 4.78 is 0. The van der Waals surface area contributed by atoms with Crippen LogP contribution < -0.4 is 15.5 Å². The van der Waals surface area contributed by atoms with Crippen molar-refractivity contribution in [2.75, 3.05) is 16.8 Å². The number of fused-ring (bicyclic) bond motifs is 1. The Balaban J connectivity index is 1.53. The van der Waals surface area contributed by atoms with Crippen molar-refractivity contribution in [1.82, 2.24) is 5.32 Å². The van der Waals surface area contributed by atoms with E-state index in [1.54, 1.807) is 29.2 Å². The van der Waals surface area contributed by atoms with E-state index in [0.29, 0.717) is 17.8 Å². The Hall–Kier alpha value is -3.67. The molecule has 1 heterocycles. The minimum absolute atomic E-state index is 0.0158. The van der Waals surface area contributed by atoms with Crippen molar-refractivity contribution in [3.05, 3.63) is 72.3 Å². The summed E-state index contributed by atoms with van der Waals surface area (Å²) in [7, 11) is 0. The van der Waals surface area contributed by atoms with Gasteiger partial charge in [-0.2, -0.15) is 0 Å². The summed E-state index contributed by atoms with van der Waals surface area (Å²) in [6, 6.07) is 20.6. The van der Waals surface area contributed by atoms with Crippen LogP contribution in [0.2, 0.25) is 0 Å². The van der Waals surface area contributed by atoms with Gasteiger partial charge in [-0.25, -0.2) is 0 Å². The van der Waals surface area contributed by atoms with Crippen LogP contribution in [0.5, 0.6) is 0 Å². The fourth-order valence-electron chi connectivity index (χ4n) is 3.92. The molecule has 158 valence electrons. The first-order valence-electron chi connectivity index (χ1n) is 10.4. The third-order valence-corrected chi connectivity index (χ3v) is 5.40. The van der Waals surface area contributed by atoms with E-state index in [9.17, 15) is 14.4 Å². The van der Waals surface area contributed by atoms with Crippen LogP contribution in [-0.2, 0) is 9.59 Å². The number of anilines is 2. The van der Waals surface area contributed by atoms with Gasteiger partial charge in [0.25, 0.3) is 5.91 Å². The quantitative estimate of drug-likeness (QED) is 0.662. The number of benzene rings is 3. The Morgan fingerprint density at radius 2 is 1.68 bits per heavy atom. The predicted octanol–water partition coefficient (Wildman–Crippen LogP) is 3.97. The molecular weight excluding hydrogens is 390 g/mol. The van der Waals surface area contributed by atoms with Gasteiger partial charge in [0, 0.05) is 24.4 Å². The van der Waals surface area contributed by atoms with E-state index < -0.39 is 5.92 Å². The second kappa shape index (κ2) is 8.60. The molecule has 3 amide bonds. The fraction of sp³-hybridized carbons (Fsp3) is 0.240. The van der Waals surface area contributed by atoms with Gasteiger partial charge in [-0.3, -0.25) is 14.4 Å². The van der Waals surface area contributed by atoms with Gasteiger partial charge in [0.15, 0.2) is 0 Å². The average molecular weight is 415 g/mol. The summed E-state index contributed by atoms with van der Waals surface area (Å²) in [5.74, 6) is -1.08. The summed E-state index contributed by atoms with van der Waals surface area (Å²) in [5, 5.41) is 7.73. The SMILES string of the molecule is CC(C)NC(=O)c1ccccc1NC(=O)C1CC(=O)N(c2cccc3ccccc23)C1. The van der Waals surface area contributed by atoms with Gasteiger partial charge in [-0.15, -0.1) is 0 Å². The molecule has 6 nitrogen and oxygen atoms in total. The van der Waals surface area contributed by atoms with E-state index >= 15 is 0 Å². The number of hydrogen-bond donors (Lipinski definition) is 2. The molecule has 1 saturated heterocycles. The topological polar surface area (TPSA) is 78.5 Å². The van der Waals surface area contributed by atoms with Crippen molar-refractivity contribution in [2.45, 2.75) is 26.3 Å². The zero-order chi connectivity index (χ0) is 22.0. The molecule has 1 unspecified atom stereocenters. The smallest absolute Gasteiger partial charge is 0.253 e. The van der Waals surface area contributed by atoms with E-state index in [-0.39, 0.29) is 30.2 Å². The molecule has 6 heteroatoms. The Labute approximate surface area is 181 Å². The number of hydrogen-bond acceptors (Lipinski definition) is 3. The van der Waals surface area contributed by atoms with E-state index in [1.165, 1.54) is 0 Å². The molecular formula is C25H25N3O3. The summed E-state index contributed by atoms with van der Waals surface area (Å²) in [6.07, 6.45) is 0.134. The first-order valence-corrected chi connectivity index (χ1v) is 10.4. The highest BCUT2D eigenvalue weighted by atomic mass is 16.2.